The van der Waals surface area contributed by atoms with Gasteiger partial charge in [-0.3, -0.25) is 0 Å². The van der Waals surface area contributed by atoms with E-state index in [0.717, 1.165) is 6.42 Å². The van der Waals surface area contributed by atoms with Crippen LogP contribution in [-0.2, 0) is 0 Å². The topological polar surface area (TPSA) is 26.0 Å². The lowest BCUT2D eigenvalue weighted by Gasteiger charge is -1.96. The van der Waals surface area contributed by atoms with E-state index in [1.165, 1.54) is 0 Å². The first-order chi connectivity index (χ1) is 5.22. The molecule has 2 N–H and O–H groups in total. The minimum atomic E-state index is 0.630. The highest BCUT2D eigenvalue weighted by molar-refractivity contribution is 6.31. The van der Waals surface area contributed by atoms with Crippen molar-refractivity contribution in [3.05, 3.63) is 35.0 Å². The zero-order valence-corrected chi connectivity index (χ0v) is 7.73. The Balaban J connectivity index is 4.15. The Morgan fingerprint density at radius 2 is 2.00 bits per heavy atom. The highest BCUT2D eigenvalue weighted by Crippen LogP contribution is 2.09. The monoisotopic (exact) mass is 171 g/mol. The number of nitrogens with two attached hydrogens (primary N) is 1. The van der Waals surface area contributed by atoms with Crippen molar-refractivity contribution in [2.75, 3.05) is 0 Å². The number of allylic oxidation sites excluding steroid dienone is 5. The van der Waals surface area contributed by atoms with Gasteiger partial charge in [0.05, 0.1) is 5.03 Å². The molecule has 0 saturated heterocycles. The molecule has 0 unspecified atom stereocenters. The summed E-state index contributed by atoms with van der Waals surface area (Å²) in [5.41, 5.74) is 6.35. The summed E-state index contributed by atoms with van der Waals surface area (Å²) in [6.45, 7) is 3.86. The molecule has 2 heteroatoms. The van der Waals surface area contributed by atoms with Gasteiger partial charge < -0.3 is 5.73 Å². The predicted molar refractivity (Wildman–Crippen MR) is 51.3 cm³/mol. The van der Waals surface area contributed by atoms with Gasteiger partial charge in [-0.15, -0.1) is 0 Å². The first-order valence-electron chi connectivity index (χ1n) is 3.60. The molecule has 0 fully saturated rings. The van der Waals surface area contributed by atoms with Gasteiger partial charge in [0.25, 0.3) is 0 Å². The van der Waals surface area contributed by atoms with Crippen molar-refractivity contribution in [3.8, 4) is 0 Å². The van der Waals surface area contributed by atoms with Gasteiger partial charge in [0.15, 0.2) is 0 Å². The van der Waals surface area contributed by atoms with Crippen LogP contribution < -0.4 is 5.73 Å². The van der Waals surface area contributed by atoms with Crippen LogP contribution in [0, 0.1) is 0 Å². The summed E-state index contributed by atoms with van der Waals surface area (Å²) in [5, 5.41) is 0.630. The van der Waals surface area contributed by atoms with E-state index < -0.39 is 0 Å². The van der Waals surface area contributed by atoms with E-state index in [1.54, 1.807) is 6.08 Å². The largest absolute Gasteiger partial charge is 0.401 e. The smallest absolute Gasteiger partial charge is 0.0593 e. The van der Waals surface area contributed by atoms with Crippen LogP contribution in [0.3, 0.4) is 0 Å². The molecule has 62 valence electrons. The molecule has 0 saturated carbocycles. The van der Waals surface area contributed by atoms with Gasteiger partial charge in [0.1, 0.15) is 0 Å². The summed E-state index contributed by atoms with van der Waals surface area (Å²) in [6.07, 6.45) is 8.30. The first-order valence-corrected chi connectivity index (χ1v) is 3.98. The van der Waals surface area contributed by atoms with Crippen LogP contribution in [0.1, 0.15) is 20.3 Å². The number of hydrogen-bond donors (Lipinski definition) is 1. The Morgan fingerprint density at radius 3 is 2.45 bits per heavy atom. The average molecular weight is 172 g/mol. The molecule has 0 bridgehead atoms. The van der Waals surface area contributed by atoms with Gasteiger partial charge >= 0.3 is 0 Å². The molecule has 0 aliphatic rings. The molecule has 0 amide bonds. The molecule has 1 nitrogen and oxygen atoms in total. The molecular weight excluding hydrogens is 158 g/mol. The molecule has 11 heavy (non-hydrogen) atoms. The van der Waals surface area contributed by atoms with E-state index in [9.17, 15) is 0 Å². The Morgan fingerprint density at radius 1 is 1.36 bits per heavy atom. The molecule has 0 spiro atoms. The van der Waals surface area contributed by atoms with Crippen molar-refractivity contribution >= 4 is 11.6 Å². The maximum Gasteiger partial charge on any atom is 0.0593 e. The van der Waals surface area contributed by atoms with Crippen LogP contribution in [0.25, 0.3) is 0 Å². The van der Waals surface area contributed by atoms with Gasteiger partial charge in [-0.05, 0) is 19.9 Å². The highest BCUT2D eigenvalue weighted by Gasteiger charge is 1.92. The summed E-state index contributed by atoms with van der Waals surface area (Å²) >= 11 is 5.80. The second-order valence-electron chi connectivity index (χ2n) is 2.15. The lowest BCUT2D eigenvalue weighted by Crippen LogP contribution is -1.96. The van der Waals surface area contributed by atoms with Crippen molar-refractivity contribution < 1.29 is 0 Å². The van der Waals surface area contributed by atoms with E-state index in [-0.39, 0.29) is 0 Å². The van der Waals surface area contributed by atoms with E-state index in [2.05, 4.69) is 0 Å². The van der Waals surface area contributed by atoms with Crippen LogP contribution in [0.5, 0.6) is 0 Å². The Kier molecular flexibility index (Phi) is 5.67. The lowest BCUT2D eigenvalue weighted by molar-refractivity contribution is 1.15. The number of halogens is 1. The Hall–Kier alpha value is -0.690. The van der Waals surface area contributed by atoms with Gasteiger partial charge in [-0.2, -0.15) is 0 Å². The van der Waals surface area contributed by atoms with Crippen molar-refractivity contribution in [1.29, 1.82) is 0 Å². The minimum Gasteiger partial charge on any atom is -0.401 e. The summed E-state index contributed by atoms with van der Waals surface area (Å²) < 4.78 is 0. The predicted octanol–water partition coefficient (Wildman–Crippen LogP) is 2.94. The van der Waals surface area contributed by atoms with Gasteiger partial charge in [-0.25, -0.2) is 0 Å². The number of rotatable bonds is 3. The van der Waals surface area contributed by atoms with E-state index in [4.69, 9.17) is 17.3 Å². The molecule has 0 radical (unpaired) electrons. The molecule has 0 aromatic carbocycles. The SMILES string of the molecule is C/C=C\C/C(N)=C(Cl)\C=C/C. The molecule has 0 aromatic heterocycles. The third kappa shape index (κ3) is 4.68. The Labute approximate surface area is 73.2 Å². The van der Waals surface area contributed by atoms with E-state index in [1.807, 2.05) is 32.1 Å². The Bertz CT molecular complexity index is 190. The zero-order chi connectivity index (χ0) is 8.69. The fraction of sp³-hybridized carbons (Fsp3) is 0.333. The number of hydrogen-bond acceptors (Lipinski definition) is 1. The average Bonchev–Trinajstić information content (AvgIpc) is 2.00. The molecule has 0 rings (SSSR count). The molecule has 0 atom stereocenters. The molecular formula is C9H14ClN. The molecule has 0 aliphatic heterocycles. The molecule has 0 aliphatic carbocycles. The minimum absolute atomic E-state index is 0.630. The molecule has 0 aromatic rings. The fourth-order valence-electron chi connectivity index (χ4n) is 0.596. The van der Waals surface area contributed by atoms with Crippen molar-refractivity contribution in [2.45, 2.75) is 20.3 Å². The van der Waals surface area contributed by atoms with Crippen LogP contribution >= 0.6 is 11.6 Å². The summed E-state index contributed by atoms with van der Waals surface area (Å²) in [5.74, 6) is 0. The second kappa shape index (κ2) is 6.05. The maximum absolute atomic E-state index is 5.80. The third-order valence-electron chi connectivity index (χ3n) is 1.19. The highest BCUT2D eigenvalue weighted by atomic mass is 35.5. The maximum atomic E-state index is 5.80. The summed E-state index contributed by atoms with van der Waals surface area (Å²) in [4.78, 5) is 0. The normalized spacial score (nSPS) is 14.5. The molecule has 0 heterocycles. The first kappa shape index (κ1) is 10.3. The summed E-state index contributed by atoms with van der Waals surface area (Å²) in [7, 11) is 0. The van der Waals surface area contributed by atoms with Crippen molar-refractivity contribution in [3.63, 3.8) is 0 Å². The standard InChI is InChI=1S/C9H14ClN/c1-3-5-7-9(11)8(10)6-4-2/h3-6H,7,11H2,1-2H3/b5-3-,6-4-,9-8-. The third-order valence-corrected chi connectivity index (χ3v) is 1.56. The van der Waals surface area contributed by atoms with Crippen molar-refractivity contribution in [1.82, 2.24) is 0 Å². The van der Waals surface area contributed by atoms with Crippen LogP contribution in [0.15, 0.2) is 35.0 Å². The van der Waals surface area contributed by atoms with Crippen LogP contribution in [0.4, 0.5) is 0 Å². The van der Waals surface area contributed by atoms with E-state index in [0.29, 0.717) is 10.7 Å². The lowest BCUT2D eigenvalue weighted by atomic mass is 10.3. The van der Waals surface area contributed by atoms with Crippen LogP contribution in [-0.4, -0.2) is 0 Å². The quantitative estimate of drug-likeness (QED) is 0.513. The van der Waals surface area contributed by atoms with Crippen LogP contribution in [0.2, 0.25) is 0 Å². The fourth-order valence-corrected chi connectivity index (χ4v) is 0.799. The van der Waals surface area contributed by atoms with E-state index >= 15 is 0 Å². The summed E-state index contributed by atoms with van der Waals surface area (Å²) in [6, 6.07) is 0. The second-order valence-corrected chi connectivity index (χ2v) is 2.55. The van der Waals surface area contributed by atoms with Gasteiger partial charge in [-0.1, -0.05) is 29.8 Å². The zero-order valence-electron chi connectivity index (χ0n) is 6.97. The van der Waals surface area contributed by atoms with Gasteiger partial charge in [0, 0.05) is 12.1 Å². The van der Waals surface area contributed by atoms with Crippen molar-refractivity contribution in [2.24, 2.45) is 5.73 Å². The van der Waals surface area contributed by atoms with Gasteiger partial charge in [0.2, 0.25) is 0 Å².